The van der Waals surface area contributed by atoms with E-state index in [0.717, 1.165) is 0 Å². The smallest absolute Gasteiger partial charge is 0.292 e. The molecule has 3 unspecified atom stereocenters. The number of aromatic nitrogens is 1. The van der Waals surface area contributed by atoms with Crippen molar-refractivity contribution >= 4 is 81.2 Å². The summed E-state index contributed by atoms with van der Waals surface area (Å²) >= 11 is -2.59. The van der Waals surface area contributed by atoms with Gasteiger partial charge in [0.05, 0.1) is 43.5 Å². The Morgan fingerprint density at radius 3 is 2.23 bits per heavy atom. The number of nitrogens with two attached hydrogens (primary N) is 1. The van der Waals surface area contributed by atoms with Gasteiger partial charge in [-0.1, -0.05) is 46.5 Å². The third-order valence-electron chi connectivity index (χ3n) is 15.0. The van der Waals surface area contributed by atoms with Crippen LogP contribution in [-0.2, 0) is 65.5 Å². The molecule has 27 heteroatoms. The number of carbonyl (C=O) groups is 10. The van der Waals surface area contributed by atoms with E-state index in [1.54, 1.807) is 13.8 Å². The number of benzene rings is 1. The van der Waals surface area contributed by atoms with Crippen LogP contribution in [0.5, 0.6) is 5.75 Å². The molecule has 2 fully saturated rings. The van der Waals surface area contributed by atoms with E-state index in [9.17, 15) is 63.0 Å². The van der Waals surface area contributed by atoms with Crippen molar-refractivity contribution in [3.8, 4) is 5.75 Å². The number of aliphatic hydroxyl groups is 3. The Morgan fingerprint density at radius 2 is 1.56 bits per heavy atom. The number of ether oxygens (including phenoxy) is 1. The van der Waals surface area contributed by atoms with Gasteiger partial charge in [-0.05, 0) is 56.6 Å². The fourth-order valence-corrected chi connectivity index (χ4v) is 11.5. The van der Waals surface area contributed by atoms with Crippen molar-refractivity contribution in [1.29, 1.82) is 0 Å². The molecular weight excluding hydrogens is 1040 g/mol. The minimum atomic E-state index is -2.59. The number of H-pyrrole nitrogens is 1. The molecule has 11 atom stereocenters. The summed E-state index contributed by atoms with van der Waals surface area (Å²) in [7, 11) is 0. The quantitative estimate of drug-likeness (QED) is 0.0274. The number of aliphatic hydroxyl groups excluding tert-OH is 3. The molecule has 5 bridgehead atoms. The summed E-state index contributed by atoms with van der Waals surface area (Å²) in [5, 5.41) is 51.5. The topological polar surface area (TPSA) is 405 Å². The van der Waals surface area contributed by atoms with Crippen molar-refractivity contribution in [3.05, 3.63) is 23.8 Å². The lowest BCUT2D eigenvalue weighted by Crippen LogP contribution is -2.66. The second-order valence-electron chi connectivity index (χ2n) is 20.6. The van der Waals surface area contributed by atoms with Crippen molar-refractivity contribution in [2.45, 2.75) is 163 Å². The molecule has 78 heavy (non-hydrogen) atoms. The van der Waals surface area contributed by atoms with Gasteiger partial charge >= 0.3 is 0 Å². The molecule has 5 aliphatic heterocycles. The predicted octanol–water partition coefficient (Wildman–Crippen LogP) is -2.89. The number of amides is 10. The zero-order chi connectivity index (χ0) is 56.8. The Bertz CT molecular complexity index is 2530. The first-order valence-electron chi connectivity index (χ1n) is 26.8. The molecule has 0 aliphatic carbocycles. The summed E-state index contributed by atoms with van der Waals surface area (Å²) in [6.07, 6.45) is 1.99. The van der Waals surface area contributed by atoms with Crippen LogP contribution in [0.1, 0.15) is 110 Å². The average Bonchev–Trinajstić information content (AvgIpc) is 4.19. The summed E-state index contributed by atoms with van der Waals surface area (Å²) in [5.74, 6) is -8.79. The Labute approximate surface area is 454 Å². The SMILES string of the molecule is CC[C@H](C)[C@@H]1NC(=O)CNC(=O)[C@H]2Cc3c([nH]c4cc(ccc34)OC(CCCCCCNC(=O)CCCCCN3C(=O)CCC3=O)([C@@H]3C[C@@H](O)CN3)C(=O)N[C@@H]([C@@H](C)[C@@H](O)CO)C(=O)N2)[S+]([O-])C(C(N)=O)NC(=O)CNC1=O. The molecule has 2 saturated heterocycles. The number of nitrogens with one attached hydrogen (secondary N) is 9. The molecule has 0 saturated carbocycles. The van der Waals surface area contributed by atoms with Gasteiger partial charge in [0.25, 0.3) is 17.2 Å². The van der Waals surface area contributed by atoms with Crippen LogP contribution >= 0.6 is 0 Å². The first kappa shape index (κ1) is 60.8. The third-order valence-corrected chi connectivity index (χ3v) is 16.5. The normalized spacial score (nSPS) is 27.0. The first-order valence-corrected chi connectivity index (χ1v) is 28.0. The van der Waals surface area contributed by atoms with E-state index in [1.807, 2.05) is 0 Å². The van der Waals surface area contributed by atoms with Gasteiger partial charge in [-0.25, -0.2) is 0 Å². The van der Waals surface area contributed by atoms with Crippen LogP contribution in [0.15, 0.2) is 23.2 Å². The molecule has 7 rings (SSSR count). The number of unbranched alkanes of at least 4 members (excludes halogenated alkanes) is 5. The molecule has 0 radical (unpaired) electrons. The molecule has 14 N–H and O–H groups in total. The maximum atomic E-state index is 15.3. The van der Waals surface area contributed by atoms with Crippen LogP contribution in [0.3, 0.4) is 0 Å². The molecule has 1 aromatic heterocycles. The lowest BCUT2D eigenvalue weighted by molar-refractivity contribution is -0.145. The van der Waals surface area contributed by atoms with Crippen LogP contribution in [0.25, 0.3) is 10.9 Å². The third kappa shape index (κ3) is 15.2. The maximum Gasteiger partial charge on any atom is 0.292 e. The van der Waals surface area contributed by atoms with Gasteiger partial charge in [0, 0.05) is 79.4 Å². The minimum absolute atomic E-state index is 0.00942. The van der Waals surface area contributed by atoms with E-state index in [4.69, 9.17) is 10.5 Å². The highest BCUT2D eigenvalue weighted by Crippen LogP contribution is 2.37. The van der Waals surface area contributed by atoms with Crippen molar-refractivity contribution in [3.63, 3.8) is 0 Å². The molecule has 2 aromatic rings. The molecule has 26 nitrogen and oxygen atoms in total. The zero-order valence-electron chi connectivity index (χ0n) is 44.2. The van der Waals surface area contributed by atoms with Crippen molar-refractivity contribution in [2.75, 3.05) is 39.3 Å². The Kier molecular flexibility index (Phi) is 21.8. The largest absolute Gasteiger partial charge is 0.608 e. The van der Waals surface area contributed by atoms with E-state index < -0.39 is 138 Å². The van der Waals surface area contributed by atoms with E-state index in [1.165, 1.54) is 30.0 Å². The van der Waals surface area contributed by atoms with Crippen molar-refractivity contribution in [1.82, 2.24) is 52.4 Å². The molecule has 10 amide bonds. The highest BCUT2D eigenvalue weighted by atomic mass is 32.2. The lowest BCUT2D eigenvalue weighted by Gasteiger charge is -2.40. The number of rotatable bonds is 20. The number of aromatic amines is 1. The minimum Gasteiger partial charge on any atom is -0.608 e. The molecule has 0 spiro atoms. The van der Waals surface area contributed by atoms with Gasteiger partial charge in [-0.3, -0.25) is 52.8 Å². The second-order valence-corrected chi connectivity index (χ2v) is 22.1. The summed E-state index contributed by atoms with van der Waals surface area (Å²) in [5.41, 5.74) is 4.11. The van der Waals surface area contributed by atoms with Gasteiger partial charge in [0.15, 0.2) is 0 Å². The number of fused-ring (bicyclic) bond motifs is 7. The Balaban J connectivity index is 1.31. The predicted molar refractivity (Wildman–Crippen MR) is 279 cm³/mol. The van der Waals surface area contributed by atoms with Crippen molar-refractivity contribution < 1.29 is 72.6 Å². The van der Waals surface area contributed by atoms with E-state index >= 15 is 4.79 Å². The monoisotopic (exact) mass is 1110 g/mol. The van der Waals surface area contributed by atoms with Gasteiger partial charge in [-0.2, -0.15) is 0 Å². The van der Waals surface area contributed by atoms with Crippen LogP contribution in [-0.4, -0.2) is 176 Å². The Hall–Kier alpha value is -6.39. The zero-order valence-corrected chi connectivity index (χ0v) is 45.1. The molecule has 6 heterocycles. The van der Waals surface area contributed by atoms with Crippen LogP contribution in [0.2, 0.25) is 0 Å². The first-order chi connectivity index (χ1) is 37.2. The number of primary amides is 1. The summed E-state index contributed by atoms with van der Waals surface area (Å²) in [6.45, 7) is 3.33. The molecule has 430 valence electrons. The van der Waals surface area contributed by atoms with Gasteiger partial charge in [0.2, 0.25) is 57.9 Å². The summed E-state index contributed by atoms with van der Waals surface area (Å²) < 4.78 is 21.5. The molecule has 1 aromatic carbocycles. The fourth-order valence-electron chi connectivity index (χ4n) is 10.1. The van der Waals surface area contributed by atoms with Crippen molar-refractivity contribution in [2.24, 2.45) is 17.6 Å². The van der Waals surface area contributed by atoms with Crippen LogP contribution in [0, 0.1) is 11.8 Å². The van der Waals surface area contributed by atoms with E-state index in [-0.39, 0.29) is 83.6 Å². The second kappa shape index (κ2) is 28.0. The highest BCUT2D eigenvalue weighted by Gasteiger charge is 2.52. The number of carbonyl (C=O) groups excluding carboxylic acids is 10. The van der Waals surface area contributed by atoms with Gasteiger partial charge in [-0.15, -0.1) is 0 Å². The average molecular weight is 1110 g/mol. The number of imide groups is 1. The van der Waals surface area contributed by atoms with Gasteiger partial charge in [0.1, 0.15) is 23.9 Å². The number of hydrogen-bond donors (Lipinski definition) is 13. The van der Waals surface area contributed by atoms with E-state index in [0.29, 0.717) is 64.5 Å². The summed E-state index contributed by atoms with van der Waals surface area (Å²) in [4.78, 5) is 138. The lowest BCUT2D eigenvalue weighted by atomic mass is 9.84. The standard InChI is InChI=1S/C51H75N11O15S/c1-4-27(2)42-46(73)56-25-39(68)60-49(44(52)71)78(76)48-32-22-34(45(72)55-24-38(67)59-42)57-47(74)43(28(3)35(65)26-63)61-50(75)51(36-20-29(64)23-54-36,77-30-13-14-31(32)33(21-30)58-48)17-9-5-6-10-18-53-37(66)12-8-7-11-19-62-40(69)15-16-41(62)70/h13-14,21,27-29,34-36,42-43,49,54,58,63-65H,4-12,15-20,22-26H2,1-3H3,(H2,52,71)(H,53,66)(H,55,72)(H,56,73)(H,57,74)(H,59,67)(H,60,68)(H,61,75)/t27-,28-,29+,34+,35-,36-,42-,43-,49?,51?,78?/m0/s1. The molecular formula is C51H75N11O15S. The fraction of sp³-hybridized carbons (Fsp3) is 0.647. The summed E-state index contributed by atoms with van der Waals surface area (Å²) in [6, 6.07) is -0.947. The maximum absolute atomic E-state index is 15.3. The number of likely N-dealkylation sites (tertiary alicyclic amines) is 1. The Morgan fingerprint density at radius 1 is 0.885 bits per heavy atom. The van der Waals surface area contributed by atoms with Crippen LogP contribution < -0.4 is 53.0 Å². The van der Waals surface area contributed by atoms with Gasteiger partial charge < -0.3 is 77.9 Å². The number of hydrogen-bond acceptors (Lipinski definition) is 16. The van der Waals surface area contributed by atoms with E-state index in [2.05, 4.69) is 47.5 Å². The highest BCUT2D eigenvalue weighted by molar-refractivity contribution is 7.92. The number of nitrogens with zero attached hydrogens (tertiary/aromatic N) is 1. The molecule has 5 aliphatic rings. The number of β-amino-alcohol motifs (C(OH)–C–C–N with tert-alkyl or cyclic N) is 1. The van der Waals surface area contributed by atoms with Crippen LogP contribution in [0.4, 0.5) is 0 Å².